The number of aliphatic hydroxyl groups is 8. The highest BCUT2D eigenvalue weighted by Gasteiger charge is 2.46. The monoisotopic (exact) mass is 1070 g/mol. The SMILES string of the molecule is C[C@@H]1O[C@@H](OCCNC(=O)CN(CC(=O)NCCCCCC(=O)ON2C(=O)CCC2=O)CC(=O)NCCO[C@@H]2O[C@H](CO[C@H]3O[C@H](CO)[C@@H](O)[C@H](O)[C@@H]3O)C[C@H](OI)[C@@H]2O)[C@@H](O)[C@H](O)[C@@H]1O. The zero-order chi connectivity index (χ0) is 48.5. The first kappa shape index (κ1) is 55.7. The summed E-state index contributed by atoms with van der Waals surface area (Å²) < 4.78 is 38.6. The van der Waals surface area contributed by atoms with Gasteiger partial charge in [-0.3, -0.25) is 28.9 Å². The highest BCUT2D eigenvalue weighted by molar-refractivity contribution is 14.1. The van der Waals surface area contributed by atoms with Crippen LogP contribution in [-0.2, 0) is 65.1 Å². The molecule has 0 spiro atoms. The molecule has 4 rings (SSSR count). The molecule has 27 nitrogen and oxygen atoms in total. The van der Waals surface area contributed by atoms with Gasteiger partial charge in [-0.25, -0.2) is 4.79 Å². The number of imide groups is 1. The Morgan fingerprint density at radius 2 is 1.21 bits per heavy atom. The second-order valence-electron chi connectivity index (χ2n) is 16.0. The van der Waals surface area contributed by atoms with Crippen molar-refractivity contribution in [2.24, 2.45) is 0 Å². The first-order chi connectivity index (χ1) is 31.4. The number of nitrogens with one attached hydrogen (secondary N) is 3. The molecule has 0 aromatic rings. The van der Waals surface area contributed by atoms with Crippen molar-refractivity contribution < 1.29 is 106 Å². The molecular formula is C38H62IN5O22. The molecule has 0 aromatic heterocycles. The van der Waals surface area contributed by atoms with Gasteiger partial charge in [-0.15, -0.1) is 5.06 Å². The highest BCUT2D eigenvalue weighted by Crippen LogP contribution is 2.28. The Labute approximate surface area is 392 Å². The van der Waals surface area contributed by atoms with Gasteiger partial charge in [0.2, 0.25) is 17.7 Å². The Bertz CT molecular complexity index is 1570. The largest absolute Gasteiger partial charge is 0.394 e. The maximum atomic E-state index is 13.1. The molecule has 4 aliphatic heterocycles. The van der Waals surface area contributed by atoms with Gasteiger partial charge < -0.3 is 93.1 Å². The predicted octanol–water partition coefficient (Wildman–Crippen LogP) is -6.31. The number of amides is 5. The maximum absolute atomic E-state index is 13.1. The molecule has 0 unspecified atom stereocenters. The number of aliphatic hydroxyl groups excluding tert-OH is 8. The van der Waals surface area contributed by atoms with E-state index < -0.39 is 148 Å². The van der Waals surface area contributed by atoms with Crippen LogP contribution in [0.25, 0.3) is 0 Å². The second kappa shape index (κ2) is 27.9. The van der Waals surface area contributed by atoms with E-state index in [-0.39, 0.29) is 65.1 Å². The van der Waals surface area contributed by atoms with Crippen LogP contribution in [0.3, 0.4) is 0 Å². The fourth-order valence-corrected chi connectivity index (χ4v) is 7.58. The van der Waals surface area contributed by atoms with E-state index in [2.05, 4.69) is 16.0 Å². The van der Waals surface area contributed by atoms with Crippen molar-refractivity contribution in [1.29, 1.82) is 0 Å². The first-order valence-electron chi connectivity index (χ1n) is 21.5. The van der Waals surface area contributed by atoms with Gasteiger partial charge in [0.1, 0.15) is 77.9 Å². The summed E-state index contributed by atoms with van der Waals surface area (Å²) in [6.45, 7) is -1.09. The number of hydrogen-bond donors (Lipinski definition) is 11. The van der Waals surface area contributed by atoms with Crippen molar-refractivity contribution in [3.05, 3.63) is 0 Å². The molecular weight excluding hydrogens is 1010 g/mol. The van der Waals surface area contributed by atoms with E-state index in [1.54, 1.807) is 23.0 Å². The smallest absolute Gasteiger partial charge is 0.333 e. The highest BCUT2D eigenvalue weighted by atomic mass is 127. The molecule has 4 saturated heterocycles. The number of rotatable bonds is 26. The van der Waals surface area contributed by atoms with Crippen LogP contribution < -0.4 is 16.0 Å². The molecule has 28 heteroatoms. The molecule has 4 fully saturated rings. The average molecular weight is 1070 g/mol. The summed E-state index contributed by atoms with van der Waals surface area (Å²) in [6.07, 6.45) is -16.9. The van der Waals surface area contributed by atoms with Gasteiger partial charge in [-0.2, -0.15) is 0 Å². The lowest BCUT2D eigenvalue weighted by Gasteiger charge is -2.41. The van der Waals surface area contributed by atoms with Crippen molar-refractivity contribution in [1.82, 2.24) is 25.9 Å². The third kappa shape index (κ3) is 17.0. The van der Waals surface area contributed by atoms with Crippen LogP contribution in [0.15, 0.2) is 0 Å². The van der Waals surface area contributed by atoms with E-state index in [4.69, 9.17) is 36.3 Å². The summed E-state index contributed by atoms with van der Waals surface area (Å²) in [6, 6.07) is 0. The van der Waals surface area contributed by atoms with E-state index in [0.717, 1.165) is 0 Å². The standard InChI is InChI=1S/C38H62IN5O22/c1-19-29(52)32(55)34(57)37(62-19)60-12-10-42-25(48)16-43(14-23(46)40-8-4-2-3-5-28(51)66-44-26(49)6-7-27(44)50)15-24(47)41-9-11-59-36-31(54)21(65-39)13-20(63-36)18-61-38-35(58)33(56)30(53)22(17-45)64-38/h19-22,29-38,45,52-58H,2-18H2,1H3,(H,40,46)(H,41,47)(H,42,48)/t19-,20-,21-,22+,29+,30+,31-,32+,33-,34-,35-,36+,37+,38-/m0/s1. The molecule has 66 heavy (non-hydrogen) atoms. The van der Waals surface area contributed by atoms with E-state index in [9.17, 15) is 69.6 Å². The van der Waals surface area contributed by atoms with Crippen molar-refractivity contribution in [3.63, 3.8) is 0 Å². The Hall–Kier alpha value is -2.89. The molecule has 4 aliphatic rings. The molecule has 0 bridgehead atoms. The fraction of sp³-hybridized carbons (Fsp3) is 0.842. The topological polar surface area (TPSA) is 381 Å². The number of hydroxylamine groups is 2. The normalized spacial score (nSPS) is 32.6. The molecule has 11 N–H and O–H groups in total. The maximum Gasteiger partial charge on any atom is 0.333 e. The Balaban J connectivity index is 1.22. The van der Waals surface area contributed by atoms with E-state index >= 15 is 0 Å². The number of nitrogens with zero attached hydrogens (tertiary/aromatic N) is 2. The number of unbranched alkanes of at least 4 members (excludes halogenated alkanes) is 2. The Morgan fingerprint density at radius 1 is 0.682 bits per heavy atom. The minimum absolute atomic E-state index is 0.0244. The number of ether oxygens (including phenoxy) is 6. The van der Waals surface area contributed by atoms with E-state index in [1.165, 1.54) is 11.8 Å². The van der Waals surface area contributed by atoms with Crippen LogP contribution in [0, 0.1) is 0 Å². The Kier molecular flexibility index (Phi) is 23.6. The lowest BCUT2D eigenvalue weighted by atomic mass is 9.99. The van der Waals surface area contributed by atoms with Gasteiger partial charge in [-0.05, 0) is 19.8 Å². The lowest BCUT2D eigenvalue weighted by molar-refractivity contribution is -0.317. The zero-order valence-electron chi connectivity index (χ0n) is 36.2. The van der Waals surface area contributed by atoms with Crippen LogP contribution in [-0.4, -0.2) is 238 Å². The lowest BCUT2D eigenvalue weighted by Crippen LogP contribution is -2.59. The quantitative estimate of drug-likeness (QED) is 0.0218. The molecule has 5 amide bonds. The van der Waals surface area contributed by atoms with Crippen LogP contribution in [0.1, 0.15) is 51.9 Å². The molecule has 4 heterocycles. The van der Waals surface area contributed by atoms with Crippen LogP contribution in [0.4, 0.5) is 0 Å². The van der Waals surface area contributed by atoms with Crippen molar-refractivity contribution in [3.8, 4) is 0 Å². The predicted molar refractivity (Wildman–Crippen MR) is 223 cm³/mol. The summed E-state index contributed by atoms with van der Waals surface area (Å²) in [5, 5.41) is 89.0. The van der Waals surface area contributed by atoms with Gasteiger partial charge in [0.25, 0.3) is 11.8 Å². The summed E-state index contributed by atoms with van der Waals surface area (Å²) in [5.41, 5.74) is 0. The molecule has 0 radical (unpaired) electrons. The van der Waals surface area contributed by atoms with E-state index in [1.807, 2.05) is 0 Å². The van der Waals surface area contributed by atoms with Gasteiger partial charge in [-0.1, -0.05) is 6.42 Å². The third-order valence-electron chi connectivity index (χ3n) is 10.8. The summed E-state index contributed by atoms with van der Waals surface area (Å²) >= 11 is 1.60. The van der Waals surface area contributed by atoms with Crippen LogP contribution in [0.5, 0.6) is 0 Å². The van der Waals surface area contributed by atoms with Crippen molar-refractivity contribution >= 4 is 58.5 Å². The molecule has 14 atom stereocenters. The van der Waals surface area contributed by atoms with Crippen molar-refractivity contribution in [2.75, 3.05) is 65.7 Å². The molecule has 0 aromatic carbocycles. The van der Waals surface area contributed by atoms with Crippen molar-refractivity contribution in [2.45, 2.75) is 138 Å². The number of halogens is 1. The van der Waals surface area contributed by atoms with Gasteiger partial charge in [0.05, 0.1) is 58.3 Å². The first-order valence-corrected chi connectivity index (χ1v) is 22.4. The van der Waals surface area contributed by atoms with Crippen LogP contribution >= 0.6 is 23.0 Å². The number of hydrogen-bond acceptors (Lipinski definition) is 23. The van der Waals surface area contributed by atoms with Crippen LogP contribution in [0.2, 0.25) is 0 Å². The molecule has 0 saturated carbocycles. The average Bonchev–Trinajstić information content (AvgIpc) is 3.60. The minimum atomic E-state index is -1.66. The second-order valence-corrected chi connectivity index (χ2v) is 16.5. The molecule has 378 valence electrons. The van der Waals surface area contributed by atoms with Gasteiger partial charge in [0.15, 0.2) is 18.9 Å². The minimum Gasteiger partial charge on any atom is -0.394 e. The Morgan fingerprint density at radius 3 is 1.77 bits per heavy atom. The summed E-state index contributed by atoms with van der Waals surface area (Å²) in [5.74, 6) is -3.68. The number of carbonyl (C=O) groups excluding carboxylic acids is 6. The van der Waals surface area contributed by atoms with E-state index in [0.29, 0.717) is 24.3 Å². The third-order valence-corrected chi connectivity index (χ3v) is 11.4. The zero-order valence-corrected chi connectivity index (χ0v) is 38.3. The van der Waals surface area contributed by atoms with Gasteiger partial charge in [0, 0.05) is 45.3 Å². The van der Waals surface area contributed by atoms with Gasteiger partial charge >= 0.3 is 5.97 Å². The fourth-order valence-electron chi connectivity index (χ4n) is 7.07. The summed E-state index contributed by atoms with van der Waals surface area (Å²) in [7, 11) is 0. The number of carbonyl (C=O) groups is 6. The summed E-state index contributed by atoms with van der Waals surface area (Å²) in [4.78, 5) is 80.3. The molecule has 0 aliphatic carbocycles.